The number of benzene rings is 2. The zero-order chi connectivity index (χ0) is 28.8. The van der Waals surface area contributed by atoms with Crippen molar-refractivity contribution in [2.75, 3.05) is 6.61 Å². The highest BCUT2D eigenvalue weighted by molar-refractivity contribution is 5.87. The summed E-state index contributed by atoms with van der Waals surface area (Å²) in [6.45, 7) is 5.26. The van der Waals surface area contributed by atoms with E-state index in [4.69, 9.17) is 30.1 Å². The predicted molar refractivity (Wildman–Crippen MR) is 147 cm³/mol. The molecule has 10 heteroatoms. The first-order chi connectivity index (χ1) is 18.9. The van der Waals surface area contributed by atoms with Crippen molar-refractivity contribution in [1.29, 1.82) is 0 Å². The van der Waals surface area contributed by atoms with Crippen LogP contribution in [0.5, 0.6) is 11.5 Å². The van der Waals surface area contributed by atoms with E-state index in [2.05, 4.69) is 0 Å². The van der Waals surface area contributed by atoms with Crippen LogP contribution in [-0.4, -0.2) is 46.2 Å². The van der Waals surface area contributed by atoms with Gasteiger partial charge in [-0.25, -0.2) is 4.79 Å². The Morgan fingerprint density at radius 1 is 1.20 bits per heavy atom. The number of ether oxygens (including phenoxy) is 3. The number of aryl methyl sites for hydroxylation is 1. The lowest BCUT2D eigenvalue weighted by Crippen LogP contribution is -2.50. The summed E-state index contributed by atoms with van der Waals surface area (Å²) < 4.78 is 24.0. The van der Waals surface area contributed by atoms with E-state index in [1.807, 2.05) is 24.3 Å². The minimum absolute atomic E-state index is 0.00720. The van der Waals surface area contributed by atoms with Crippen LogP contribution in [0, 0.1) is 6.92 Å². The molecular weight excluding hydrogens is 516 g/mol. The fourth-order valence-electron chi connectivity index (χ4n) is 5.49. The highest BCUT2D eigenvalue weighted by atomic mass is 16.7. The van der Waals surface area contributed by atoms with E-state index in [-0.39, 0.29) is 35.2 Å². The first-order valence-electron chi connectivity index (χ1n) is 13.5. The van der Waals surface area contributed by atoms with Crippen molar-refractivity contribution in [1.82, 2.24) is 0 Å². The van der Waals surface area contributed by atoms with Crippen molar-refractivity contribution in [3.8, 4) is 11.5 Å². The van der Waals surface area contributed by atoms with Crippen LogP contribution in [0.15, 0.2) is 45.6 Å². The molecule has 3 aromatic rings. The molecule has 40 heavy (non-hydrogen) atoms. The zero-order valence-electron chi connectivity index (χ0n) is 22.9. The third kappa shape index (κ3) is 5.19. The summed E-state index contributed by atoms with van der Waals surface area (Å²) in [4.78, 5) is 26.3. The van der Waals surface area contributed by atoms with Crippen molar-refractivity contribution in [3.05, 3.63) is 69.1 Å². The minimum atomic E-state index is -1.17. The third-order valence-electron chi connectivity index (χ3n) is 7.84. The topological polar surface area (TPSA) is 171 Å². The lowest BCUT2D eigenvalue weighted by molar-refractivity contribution is -0.168. The summed E-state index contributed by atoms with van der Waals surface area (Å²) >= 11 is 0. The van der Waals surface area contributed by atoms with E-state index in [1.165, 1.54) is 6.07 Å². The number of phenols is 1. The number of carbonyl (C=O) groups excluding carboxylic acids is 1. The number of hydrogen-bond donors (Lipinski definition) is 4. The number of rotatable bonds is 9. The number of aliphatic hydroxyl groups is 1. The molecule has 1 aromatic heterocycles. The normalized spacial score (nSPS) is 23.1. The molecule has 1 fully saturated rings. The first kappa shape index (κ1) is 28.1. The molecular formula is C30H36N2O8. The molecule has 5 rings (SSSR count). The van der Waals surface area contributed by atoms with Crippen LogP contribution in [0.3, 0.4) is 0 Å². The van der Waals surface area contributed by atoms with Gasteiger partial charge in [0.2, 0.25) is 0 Å². The highest BCUT2D eigenvalue weighted by Crippen LogP contribution is 2.47. The molecule has 0 radical (unpaired) electrons. The molecule has 0 spiro atoms. The van der Waals surface area contributed by atoms with Crippen molar-refractivity contribution in [2.45, 2.75) is 82.5 Å². The van der Waals surface area contributed by atoms with Gasteiger partial charge in [-0.05, 0) is 51.2 Å². The standard InChI is InChI=1S/C30H36N2O8/c1-16-11-20(34)25-22(37-16)15-21-19(26(25)35)14-23(29(2,3)39-21)38-28(36)30(9-4-5-10-33)24(40-30)13-17-7-6-8-18(12-17)27(31)32/h6-8,11-12,15,23-24,27,33,35H,4-5,9-10,13-14,31-32H2,1-3H3/t23-,24-,30-/m1/s1. The van der Waals surface area contributed by atoms with E-state index in [0.29, 0.717) is 42.8 Å². The number of aliphatic hydroxyl groups excluding tert-OH is 1. The number of unbranched alkanes of at least 4 members (excludes halogenated alkanes) is 1. The molecule has 0 saturated carbocycles. The monoisotopic (exact) mass is 552 g/mol. The predicted octanol–water partition coefficient (Wildman–Crippen LogP) is 2.89. The quantitative estimate of drug-likeness (QED) is 0.134. The molecule has 0 bridgehead atoms. The Kier molecular flexibility index (Phi) is 7.39. The molecule has 0 aliphatic carbocycles. The Balaban J connectivity index is 1.39. The molecule has 3 atom stereocenters. The fraction of sp³-hybridized carbons (Fsp3) is 0.467. The van der Waals surface area contributed by atoms with Crippen LogP contribution in [-0.2, 0) is 27.1 Å². The van der Waals surface area contributed by atoms with Crippen molar-refractivity contribution in [3.63, 3.8) is 0 Å². The SMILES string of the molecule is Cc1cc(=O)c2c(O)c3c(cc2o1)OC(C)(C)[C@H](OC(=O)[C@]1(CCCCO)O[C@@H]1Cc1cccc(C(N)N)c1)C3. The number of hydrogen-bond acceptors (Lipinski definition) is 10. The number of nitrogens with two attached hydrogens (primary N) is 2. The average molecular weight is 553 g/mol. The van der Waals surface area contributed by atoms with E-state index in [0.717, 1.165) is 11.1 Å². The van der Waals surface area contributed by atoms with Crippen molar-refractivity contribution >= 4 is 16.9 Å². The van der Waals surface area contributed by atoms with Gasteiger partial charge in [0.1, 0.15) is 46.0 Å². The Morgan fingerprint density at radius 3 is 2.70 bits per heavy atom. The van der Waals surface area contributed by atoms with Crippen molar-refractivity contribution < 1.29 is 33.6 Å². The Morgan fingerprint density at radius 2 is 1.98 bits per heavy atom. The molecule has 10 nitrogen and oxygen atoms in total. The Bertz CT molecular complexity index is 1500. The molecule has 3 heterocycles. The first-order valence-corrected chi connectivity index (χ1v) is 13.5. The van der Waals surface area contributed by atoms with Gasteiger partial charge < -0.3 is 40.3 Å². The van der Waals surface area contributed by atoms with Crippen molar-refractivity contribution in [2.24, 2.45) is 11.5 Å². The van der Waals surface area contributed by atoms with Crippen LogP contribution in [0.25, 0.3) is 11.0 Å². The van der Waals surface area contributed by atoms with Gasteiger partial charge in [0, 0.05) is 37.1 Å². The second-order valence-electron chi connectivity index (χ2n) is 11.3. The molecule has 1 saturated heterocycles. The van der Waals surface area contributed by atoms with Gasteiger partial charge in [0.15, 0.2) is 11.0 Å². The third-order valence-corrected chi connectivity index (χ3v) is 7.84. The summed E-state index contributed by atoms with van der Waals surface area (Å²) in [5.74, 6) is 0.0192. The van der Waals surface area contributed by atoms with Crippen LogP contribution >= 0.6 is 0 Å². The van der Waals surface area contributed by atoms with Gasteiger partial charge in [-0.2, -0.15) is 0 Å². The summed E-state index contributed by atoms with van der Waals surface area (Å²) in [7, 11) is 0. The molecule has 2 aliphatic rings. The maximum Gasteiger partial charge on any atom is 0.341 e. The van der Waals surface area contributed by atoms with Crippen LogP contribution in [0.1, 0.15) is 61.7 Å². The van der Waals surface area contributed by atoms with Gasteiger partial charge >= 0.3 is 5.97 Å². The molecule has 2 aromatic carbocycles. The highest BCUT2D eigenvalue weighted by Gasteiger charge is 2.63. The lowest BCUT2D eigenvalue weighted by Gasteiger charge is -2.39. The molecule has 0 unspecified atom stereocenters. The number of epoxide rings is 1. The van der Waals surface area contributed by atoms with E-state index < -0.39 is 35.5 Å². The van der Waals surface area contributed by atoms with E-state index >= 15 is 0 Å². The van der Waals surface area contributed by atoms with Gasteiger partial charge in [0.05, 0.1) is 6.17 Å². The maximum atomic E-state index is 13.7. The second-order valence-corrected chi connectivity index (χ2v) is 11.3. The molecule has 2 aliphatic heterocycles. The van der Waals surface area contributed by atoms with Crippen LogP contribution in [0.4, 0.5) is 0 Å². The average Bonchev–Trinajstić information content (AvgIpc) is 3.57. The largest absolute Gasteiger partial charge is 0.507 e. The van der Waals surface area contributed by atoms with Crippen LogP contribution < -0.4 is 21.6 Å². The zero-order valence-corrected chi connectivity index (χ0v) is 22.9. The summed E-state index contributed by atoms with van der Waals surface area (Å²) in [5, 5.41) is 20.4. The number of phenolic OH excluding ortho intramolecular Hbond substituents is 1. The summed E-state index contributed by atoms with van der Waals surface area (Å²) in [5.41, 5.74) is 11.5. The molecule has 214 valence electrons. The number of carbonyl (C=O) groups is 1. The second kappa shape index (κ2) is 10.5. The van der Waals surface area contributed by atoms with Crippen LogP contribution in [0.2, 0.25) is 0 Å². The van der Waals surface area contributed by atoms with E-state index in [1.54, 1.807) is 26.8 Å². The number of aromatic hydroxyl groups is 1. The van der Waals surface area contributed by atoms with Gasteiger partial charge in [-0.15, -0.1) is 0 Å². The van der Waals surface area contributed by atoms with Gasteiger partial charge in [-0.1, -0.05) is 24.3 Å². The molecule has 0 amide bonds. The smallest absolute Gasteiger partial charge is 0.341 e. The molecule has 6 N–H and O–H groups in total. The number of esters is 1. The Hall–Kier alpha value is -3.44. The minimum Gasteiger partial charge on any atom is -0.507 e. The summed E-state index contributed by atoms with van der Waals surface area (Å²) in [6, 6.07) is 10.4. The van der Waals surface area contributed by atoms with Gasteiger partial charge in [0.25, 0.3) is 0 Å². The fourth-order valence-corrected chi connectivity index (χ4v) is 5.49. The Labute approximate surface area is 231 Å². The maximum absolute atomic E-state index is 13.7. The number of fused-ring (bicyclic) bond motifs is 2. The van der Waals surface area contributed by atoms with E-state index in [9.17, 15) is 19.8 Å². The van der Waals surface area contributed by atoms with Gasteiger partial charge in [-0.3, -0.25) is 4.79 Å². The summed E-state index contributed by atoms with van der Waals surface area (Å²) in [6.07, 6.45) is 0.274. The lowest BCUT2D eigenvalue weighted by atomic mass is 9.89.